The van der Waals surface area contributed by atoms with Crippen LogP contribution in [0.15, 0.2) is 0 Å². The smallest absolute Gasteiger partial charge is 0.107 e. The van der Waals surface area contributed by atoms with E-state index in [4.69, 9.17) is 11.6 Å². The lowest BCUT2D eigenvalue weighted by atomic mass is 10.6. The van der Waals surface area contributed by atoms with E-state index in [-0.39, 0.29) is 15.2 Å². The molecule has 0 amide bonds. The topological polar surface area (TPSA) is 15.3 Å². The predicted molar refractivity (Wildman–Crippen MR) is 45.2 cm³/mol. The summed E-state index contributed by atoms with van der Waals surface area (Å²) in [6, 6.07) is 0. The zero-order valence-electron chi connectivity index (χ0n) is 6.32. The summed E-state index contributed by atoms with van der Waals surface area (Å²) in [5.74, 6) is 0. The molecule has 0 spiro atoms. The van der Waals surface area contributed by atoms with Crippen LogP contribution >= 0.6 is 11.6 Å². The highest BCUT2D eigenvalue weighted by atomic mass is 35.5. The number of nitrogens with one attached hydrogen (secondary N) is 1. The molecule has 0 aromatic rings. The molecule has 2 nitrogen and oxygen atoms in total. The molecule has 0 aliphatic rings. The van der Waals surface area contributed by atoms with Crippen molar-refractivity contribution in [2.24, 2.45) is 0 Å². The Hall–Kier alpha value is 0.427. The molecule has 1 atom stereocenters. The summed E-state index contributed by atoms with van der Waals surface area (Å²) in [6.45, 7) is 7.24. The SMILES string of the molecule is CCN(N[SiH2]C)C(C)Cl. The maximum Gasteiger partial charge on any atom is 0.107 e. The molecule has 0 aliphatic heterocycles. The van der Waals surface area contributed by atoms with Crippen molar-refractivity contribution in [3.63, 3.8) is 0 Å². The van der Waals surface area contributed by atoms with Crippen molar-refractivity contribution in [1.82, 2.24) is 10.1 Å². The van der Waals surface area contributed by atoms with Gasteiger partial charge in [0.25, 0.3) is 0 Å². The fourth-order valence-electron chi connectivity index (χ4n) is 0.692. The van der Waals surface area contributed by atoms with Gasteiger partial charge in [-0.2, -0.15) is 0 Å². The Morgan fingerprint density at radius 2 is 2.33 bits per heavy atom. The van der Waals surface area contributed by atoms with E-state index in [1.165, 1.54) is 0 Å². The Labute approximate surface area is 64.4 Å². The largest absolute Gasteiger partial charge is 0.282 e. The van der Waals surface area contributed by atoms with E-state index < -0.39 is 0 Å². The van der Waals surface area contributed by atoms with Gasteiger partial charge in [0.15, 0.2) is 0 Å². The van der Waals surface area contributed by atoms with Crippen molar-refractivity contribution >= 4 is 21.3 Å². The van der Waals surface area contributed by atoms with Gasteiger partial charge in [0.05, 0.1) is 5.50 Å². The lowest BCUT2D eigenvalue weighted by Crippen LogP contribution is -2.42. The quantitative estimate of drug-likeness (QED) is 0.284. The minimum Gasteiger partial charge on any atom is -0.282 e. The van der Waals surface area contributed by atoms with Gasteiger partial charge in [0, 0.05) is 6.54 Å². The fourth-order valence-corrected chi connectivity index (χ4v) is 1.92. The van der Waals surface area contributed by atoms with Crippen LogP contribution in [0.1, 0.15) is 13.8 Å². The number of halogens is 1. The van der Waals surface area contributed by atoms with Crippen LogP contribution in [0.4, 0.5) is 0 Å². The van der Waals surface area contributed by atoms with Crippen molar-refractivity contribution in [3.05, 3.63) is 0 Å². The van der Waals surface area contributed by atoms with Gasteiger partial charge in [-0.3, -0.25) is 5.09 Å². The van der Waals surface area contributed by atoms with Crippen molar-refractivity contribution in [2.75, 3.05) is 6.54 Å². The van der Waals surface area contributed by atoms with Gasteiger partial charge in [-0.05, 0) is 6.92 Å². The van der Waals surface area contributed by atoms with Gasteiger partial charge in [-0.15, -0.1) is 11.6 Å². The van der Waals surface area contributed by atoms with Crippen molar-refractivity contribution in [2.45, 2.75) is 25.9 Å². The second-order valence-electron chi connectivity index (χ2n) is 1.87. The Morgan fingerprint density at radius 1 is 1.78 bits per heavy atom. The van der Waals surface area contributed by atoms with Crippen molar-refractivity contribution in [3.8, 4) is 0 Å². The molecule has 1 unspecified atom stereocenters. The standard InChI is InChI=1S/C5H15ClN2Si/c1-4-8(5(2)6)7-9-3/h5,7H,4,9H2,1-3H3. The molecule has 0 saturated heterocycles. The molecule has 1 N–H and O–H groups in total. The highest BCUT2D eigenvalue weighted by molar-refractivity contribution is 6.30. The first kappa shape index (κ1) is 9.43. The van der Waals surface area contributed by atoms with Crippen molar-refractivity contribution < 1.29 is 0 Å². The summed E-state index contributed by atoms with van der Waals surface area (Å²) in [7, 11) is -0.0958. The molecule has 9 heavy (non-hydrogen) atoms. The molecule has 0 heterocycles. The highest BCUT2D eigenvalue weighted by Gasteiger charge is 2.04. The summed E-state index contributed by atoms with van der Waals surface area (Å²) >= 11 is 5.81. The third-order valence-electron chi connectivity index (χ3n) is 1.13. The van der Waals surface area contributed by atoms with Crippen LogP contribution in [0, 0.1) is 0 Å². The van der Waals surface area contributed by atoms with E-state index in [1.807, 2.05) is 11.9 Å². The molecule has 0 aromatic heterocycles. The van der Waals surface area contributed by atoms with Gasteiger partial charge in [0.2, 0.25) is 0 Å². The lowest BCUT2D eigenvalue weighted by molar-refractivity contribution is 0.244. The van der Waals surface area contributed by atoms with Gasteiger partial charge in [0.1, 0.15) is 9.68 Å². The second kappa shape index (κ2) is 5.23. The zero-order chi connectivity index (χ0) is 7.28. The third kappa shape index (κ3) is 3.92. The Balaban J connectivity index is 3.41. The highest BCUT2D eigenvalue weighted by Crippen LogP contribution is 1.97. The minimum atomic E-state index is -0.0958. The molecule has 0 saturated carbocycles. The van der Waals surface area contributed by atoms with Gasteiger partial charge < -0.3 is 0 Å². The van der Waals surface area contributed by atoms with Gasteiger partial charge in [-0.1, -0.05) is 13.5 Å². The van der Waals surface area contributed by atoms with Crippen LogP contribution in [-0.4, -0.2) is 26.7 Å². The average molecular weight is 167 g/mol. The Bertz CT molecular complexity index is 70.0. The second-order valence-corrected chi connectivity index (χ2v) is 3.53. The van der Waals surface area contributed by atoms with Crippen LogP contribution < -0.4 is 5.09 Å². The number of hydrazine groups is 1. The fraction of sp³-hybridized carbons (Fsp3) is 1.00. The van der Waals surface area contributed by atoms with Crippen LogP contribution in [0.2, 0.25) is 6.55 Å². The molecule has 0 aromatic carbocycles. The monoisotopic (exact) mass is 166 g/mol. The maximum atomic E-state index is 5.81. The summed E-state index contributed by atoms with van der Waals surface area (Å²) in [6.07, 6.45) is 0. The Kier molecular flexibility index (Phi) is 5.48. The molecule has 0 fully saturated rings. The molecule has 0 bridgehead atoms. The number of rotatable bonds is 4. The van der Waals surface area contributed by atoms with Crippen LogP contribution in [-0.2, 0) is 0 Å². The number of alkyl halides is 1. The first-order chi connectivity index (χ1) is 4.22. The first-order valence-electron chi connectivity index (χ1n) is 3.36. The summed E-state index contributed by atoms with van der Waals surface area (Å²) in [5.41, 5.74) is 0.113. The molecule has 0 rings (SSSR count). The summed E-state index contributed by atoms with van der Waals surface area (Å²) in [5, 5.41) is 5.32. The van der Waals surface area contributed by atoms with E-state index in [9.17, 15) is 0 Å². The molecular weight excluding hydrogens is 152 g/mol. The zero-order valence-corrected chi connectivity index (χ0v) is 8.49. The third-order valence-corrected chi connectivity index (χ3v) is 2.09. The summed E-state index contributed by atoms with van der Waals surface area (Å²) < 4.78 is 0. The number of nitrogens with zero attached hydrogens (tertiary/aromatic N) is 1. The van der Waals surface area contributed by atoms with E-state index in [1.54, 1.807) is 0 Å². The van der Waals surface area contributed by atoms with Gasteiger partial charge >= 0.3 is 0 Å². The minimum absolute atomic E-state index is 0.0958. The molecule has 0 radical (unpaired) electrons. The summed E-state index contributed by atoms with van der Waals surface area (Å²) in [4.78, 5) is 0. The van der Waals surface area contributed by atoms with E-state index in [0.717, 1.165) is 6.54 Å². The first-order valence-corrected chi connectivity index (χ1v) is 5.92. The van der Waals surface area contributed by atoms with Crippen molar-refractivity contribution in [1.29, 1.82) is 0 Å². The molecule has 4 heteroatoms. The molecule has 0 aliphatic carbocycles. The van der Waals surface area contributed by atoms with Crippen LogP contribution in [0.3, 0.4) is 0 Å². The Morgan fingerprint density at radius 3 is 2.44 bits per heavy atom. The normalized spacial score (nSPS) is 15.7. The van der Waals surface area contributed by atoms with Gasteiger partial charge in [-0.25, -0.2) is 5.01 Å². The van der Waals surface area contributed by atoms with Crippen LogP contribution in [0.5, 0.6) is 0 Å². The average Bonchev–Trinajstić information content (AvgIpc) is 1.82. The predicted octanol–water partition coefficient (Wildman–Crippen LogP) is 0.530. The van der Waals surface area contributed by atoms with E-state index >= 15 is 0 Å². The number of hydrogen-bond donors (Lipinski definition) is 1. The van der Waals surface area contributed by atoms with E-state index in [2.05, 4.69) is 18.6 Å². The lowest BCUT2D eigenvalue weighted by Gasteiger charge is -2.22. The maximum absolute atomic E-state index is 5.81. The molecular formula is C5H15ClN2Si. The van der Waals surface area contributed by atoms with Crippen LogP contribution in [0.25, 0.3) is 0 Å². The van der Waals surface area contributed by atoms with E-state index in [0.29, 0.717) is 0 Å². The molecule has 56 valence electrons. The number of hydrogen-bond acceptors (Lipinski definition) is 2.